The van der Waals surface area contributed by atoms with Crippen LogP contribution in [-0.4, -0.2) is 17.7 Å². The first kappa shape index (κ1) is 23.3. The van der Waals surface area contributed by atoms with E-state index >= 15 is 0 Å². The average molecular weight is 275 g/mol. The van der Waals surface area contributed by atoms with E-state index < -0.39 is 5.97 Å². The molecule has 0 aromatic rings. The number of ether oxygens (including phenoxy) is 1. The van der Waals surface area contributed by atoms with Gasteiger partial charge in [-0.05, 0) is 13.8 Å². The zero-order valence-electron chi connectivity index (χ0n) is 8.62. The summed E-state index contributed by atoms with van der Waals surface area (Å²) in [6.45, 7) is 17.5. The van der Waals surface area contributed by atoms with Gasteiger partial charge in [0.2, 0.25) is 0 Å². The number of esters is 1. The van der Waals surface area contributed by atoms with Crippen LogP contribution in [0.3, 0.4) is 0 Å². The van der Waals surface area contributed by atoms with E-state index in [-0.39, 0.29) is 32.0 Å². The summed E-state index contributed by atoms with van der Waals surface area (Å²) in [5.74, 6) is -0.536. The Morgan fingerprint density at radius 3 is 2.00 bits per heavy atom. The van der Waals surface area contributed by atoms with E-state index in [4.69, 9.17) is 5.11 Å². The van der Waals surface area contributed by atoms with Crippen molar-refractivity contribution in [1.29, 1.82) is 0 Å². The summed E-state index contributed by atoms with van der Waals surface area (Å²) in [6, 6.07) is 0. The standard InChI is InChI=1S/C6H10O3.2C2H3.Zr/c1-3-9-6(8)4-5(2)7;2*1-2;/h4,7H,3H2,1-2H3;2*1H,2H2;/q;2*-1;+2/b5-4-;;;. The molecule has 0 aliphatic heterocycles. The molecule has 1 N–H and O–H groups in total. The second kappa shape index (κ2) is 22.8. The predicted molar refractivity (Wildman–Crippen MR) is 52.9 cm³/mol. The molecule has 0 rings (SSSR count). The van der Waals surface area contributed by atoms with Gasteiger partial charge in [0.1, 0.15) is 0 Å². The van der Waals surface area contributed by atoms with Gasteiger partial charge < -0.3 is 23.0 Å². The van der Waals surface area contributed by atoms with Crippen molar-refractivity contribution in [2.45, 2.75) is 13.8 Å². The van der Waals surface area contributed by atoms with E-state index in [1.54, 1.807) is 6.92 Å². The van der Waals surface area contributed by atoms with E-state index in [2.05, 4.69) is 31.1 Å². The van der Waals surface area contributed by atoms with Gasteiger partial charge in [-0.25, -0.2) is 4.79 Å². The number of carbonyl (C=O) groups is 1. The van der Waals surface area contributed by atoms with E-state index in [1.165, 1.54) is 6.92 Å². The van der Waals surface area contributed by atoms with Crippen LogP contribution in [0.25, 0.3) is 0 Å². The summed E-state index contributed by atoms with van der Waals surface area (Å²) in [4.78, 5) is 10.4. The Morgan fingerprint density at radius 1 is 1.43 bits per heavy atom. The van der Waals surface area contributed by atoms with Crippen LogP contribution in [0.1, 0.15) is 13.8 Å². The van der Waals surface area contributed by atoms with Crippen LogP contribution in [-0.2, 0) is 35.7 Å². The summed E-state index contributed by atoms with van der Waals surface area (Å²) >= 11 is 0. The Hall–Kier alpha value is -0.627. The third kappa shape index (κ3) is 30.1. The fraction of sp³-hybridized carbons (Fsp3) is 0.300. The number of aliphatic hydroxyl groups is 1. The van der Waals surface area contributed by atoms with Crippen molar-refractivity contribution in [1.82, 2.24) is 0 Å². The van der Waals surface area contributed by atoms with Gasteiger partial charge in [0.25, 0.3) is 0 Å². The molecule has 0 unspecified atom stereocenters. The van der Waals surface area contributed by atoms with Crippen LogP contribution in [0.15, 0.2) is 25.0 Å². The molecule has 0 bridgehead atoms. The Labute approximate surface area is 105 Å². The normalized spacial score (nSPS) is 7.71. The minimum Gasteiger partial charge on any atom is -0.521 e. The number of carbonyl (C=O) groups excluding carboxylic acids is 1. The fourth-order valence-corrected chi connectivity index (χ4v) is 0.354. The molecule has 0 heterocycles. The number of allylic oxidation sites excluding steroid dienone is 1. The Morgan fingerprint density at radius 2 is 1.79 bits per heavy atom. The maximum Gasteiger partial charge on any atom is 2.00 e. The second-order valence-corrected chi connectivity index (χ2v) is 1.54. The van der Waals surface area contributed by atoms with Gasteiger partial charge in [0.15, 0.2) is 0 Å². The number of rotatable bonds is 2. The van der Waals surface area contributed by atoms with Crippen LogP contribution in [0.2, 0.25) is 0 Å². The molecule has 0 amide bonds. The molecular formula is C10H16O3Zr. The molecule has 0 aromatic carbocycles. The Bertz CT molecular complexity index is 149. The minimum atomic E-state index is -0.502. The maximum atomic E-state index is 10.4. The molecule has 0 aliphatic rings. The van der Waals surface area contributed by atoms with Crippen molar-refractivity contribution >= 4 is 5.97 Å². The van der Waals surface area contributed by atoms with Gasteiger partial charge >= 0.3 is 32.2 Å². The number of hydrogen-bond acceptors (Lipinski definition) is 3. The molecule has 0 saturated carbocycles. The molecule has 78 valence electrons. The summed E-state index contributed by atoms with van der Waals surface area (Å²) in [7, 11) is 0. The summed E-state index contributed by atoms with van der Waals surface area (Å²) in [6.07, 6.45) is 1.03. The SMILES string of the molecule is CCOC(=O)/C=C(/C)O.[CH-]=C.[CH-]=C.[Zr+2]. The van der Waals surface area contributed by atoms with Crippen LogP contribution < -0.4 is 0 Å². The van der Waals surface area contributed by atoms with E-state index in [1.807, 2.05) is 0 Å². The molecule has 3 nitrogen and oxygen atoms in total. The average Bonchev–Trinajstić information content (AvgIpc) is 2.10. The van der Waals surface area contributed by atoms with Crippen molar-refractivity contribution in [2.75, 3.05) is 6.61 Å². The minimum absolute atomic E-state index is 0. The number of aliphatic hydroxyl groups excluding tert-OH is 1. The quantitative estimate of drug-likeness (QED) is 0.364. The van der Waals surface area contributed by atoms with E-state index in [0.717, 1.165) is 6.08 Å². The smallest absolute Gasteiger partial charge is 0.521 e. The van der Waals surface area contributed by atoms with Gasteiger partial charge in [-0.2, -0.15) is 0 Å². The Kier molecular flexibility index (Phi) is 38.0. The summed E-state index contributed by atoms with van der Waals surface area (Å²) in [5.41, 5.74) is 0. The van der Waals surface area contributed by atoms with E-state index in [0.29, 0.717) is 6.61 Å². The van der Waals surface area contributed by atoms with Gasteiger partial charge in [-0.15, -0.1) is 0 Å². The first-order valence-electron chi connectivity index (χ1n) is 3.52. The molecule has 0 aromatic heterocycles. The van der Waals surface area contributed by atoms with Crippen LogP contribution in [0.4, 0.5) is 0 Å². The molecule has 14 heavy (non-hydrogen) atoms. The van der Waals surface area contributed by atoms with Crippen molar-refractivity contribution in [3.63, 3.8) is 0 Å². The van der Waals surface area contributed by atoms with E-state index in [9.17, 15) is 4.79 Å². The van der Waals surface area contributed by atoms with Crippen molar-refractivity contribution in [3.8, 4) is 0 Å². The summed E-state index contributed by atoms with van der Waals surface area (Å²) < 4.78 is 4.48. The molecule has 0 saturated heterocycles. The zero-order valence-corrected chi connectivity index (χ0v) is 11.1. The van der Waals surface area contributed by atoms with Gasteiger partial charge in [-0.1, -0.05) is 0 Å². The fourth-order valence-electron chi connectivity index (χ4n) is 0.354. The molecule has 0 atom stereocenters. The second-order valence-electron chi connectivity index (χ2n) is 1.54. The summed E-state index contributed by atoms with van der Waals surface area (Å²) in [5, 5.41) is 8.51. The first-order chi connectivity index (χ1) is 6.16. The third-order valence-electron chi connectivity index (χ3n) is 0.613. The van der Waals surface area contributed by atoms with Gasteiger partial charge in [0.05, 0.1) is 18.4 Å². The largest absolute Gasteiger partial charge is 2.00 e. The maximum absolute atomic E-state index is 10.4. The van der Waals surface area contributed by atoms with Gasteiger partial charge in [0, 0.05) is 0 Å². The van der Waals surface area contributed by atoms with Crippen molar-refractivity contribution < 1.29 is 40.8 Å². The molecule has 0 fully saturated rings. The predicted octanol–water partition coefficient (Wildman–Crippen LogP) is 2.22. The van der Waals surface area contributed by atoms with Crippen LogP contribution in [0.5, 0.6) is 0 Å². The van der Waals surface area contributed by atoms with Crippen molar-refractivity contribution in [3.05, 3.63) is 38.2 Å². The molecular weight excluding hydrogens is 259 g/mol. The van der Waals surface area contributed by atoms with Gasteiger partial charge in [-0.3, -0.25) is 13.2 Å². The monoisotopic (exact) mass is 274 g/mol. The molecule has 4 heteroatoms. The van der Waals surface area contributed by atoms with Crippen LogP contribution >= 0.6 is 0 Å². The molecule has 0 aliphatic carbocycles. The molecule has 0 spiro atoms. The Balaban J connectivity index is -0.0000000883. The zero-order chi connectivity index (χ0) is 11.3. The topological polar surface area (TPSA) is 46.5 Å². The third-order valence-corrected chi connectivity index (χ3v) is 0.613. The van der Waals surface area contributed by atoms with Crippen LogP contribution in [0, 0.1) is 13.2 Å². The molecule has 0 radical (unpaired) electrons. The first-order valence-corrected chi connectivity index (χ1v) is 3.52. The van der Waals surface area contributed by atoms with Crippen molar-refractivity contribution in [2.24, 2.45) is 0 Å². The number of hydrogen-bond donors (Lipinski definition) is 1.